The number of carbonyl (C=O) groups is 4. The summed E-state index contributed by atoms with van der Waals surface area (Å²) in [4.78, 5) is 72.4. The molecule has 0 aliphatic carbocycles. The highest BCUT2D eigenvalue weighted by Gasteiger charge is 2.30. The lowest BCUT2D eigenvalue weighted by atomic mass is 10.0. The lowest BCUT2D eigenvalue weighted by Crippen LogP contribution is -2.30. The molecule has 0 aliphatic rings. The molecule has 0 bridgehead atoms. The maximum Gasteiger partial charge on any atom is 0.472 e. The monoisotopic (exact) mass is 1300 g/mol. The first kappa shape index (κ1) is 86.1. The zero-order valence-corrected chi connectivity index (χ0v) is 58.5. The van der Waals surface area contributed by atoms with Crippen LogP contribution in [0.2, 0.25) is 0 Å². The third kappa shape index (κ3) is 62.8. The highest BCUT2D eigenvalue weighted by atomic mass is 31.2. The van der Waals surface area contributed by atoms with E-state index in [9.17, 15) is 43.2 Å². The standard InChI is InChI=1S/C69H134O17P2/c1-5-9-13-17-21-24-27-30-31-34-37-40-44-48-52-56-69(74)86-65(60-80-67(72)54-50-46-42-38-35-32-28-25-22-18-14-10-6-2)62-84-88(77,78)82-58-63(70)57-81-87(75,76)83-61-64(59-79-66(71)53-49-45-41-20-16-12-8-4)85-68(73)55-51-47-43-39-36-33-29-26-23-19-15-11-7-3/h63-65,70H,5-62H2,1-4H3,(H,75,76)(H,77,78)/t63-,64+,65+/m0/s1. The van der Waals surface area contributed by atoms with Gasteiger partial charge >= 0.3 is 39.5 Å². The molecule has 3 N–H and O–H groups in total. The van der Waals surface area contributed by atoms with Crippen LogP contribution in [0, 0.1) is 0 Å². The van der Waals surface area contributed by atoms with Crippen molar-refractivity contribution in [1.29, 1.82) is 0 Å². The van der Waals surface area contributed by atoms with Crippen LogP contribution in [0.1, 0.15) is 362 Å². The molecule has 0 fully saturated rings. The molecule has 0 aliphatic heterocycles. The summed E-state index contributed by atoms with van der Waals surface area (Å²) in [6.07, 6.45) is 51.3. The highest BCUT2D eigenvalue weighted by molar-refractivity contribution is 7.47. The fourth-order valence-corrected chi connectivity index (χ4v) is 12.1. The number of unbranched alkanes of at least 4 members (excludes halogenated alkanes) is 44. The summed E-state index contributed by atoms with van der Waals surface area (Å²) in [6, 6.07) is 0. The van der Waals surface area contributed by atoms with Gasteiger partial charge in [0, 0.05) is 25.7 Å². The molecule has 0 aromatic carbocycles. The molecule has 2 unspecified atom stereocenters. The average Bonchev–Trinajstić information content (AvgIpc) is 3.71. The van der Waals surface area contributed by atoms with Gasteiger partial charge in [-0.2, -0.15) is 0 Å². The summed E-state index contributed by atoms with van der Waals surface area (Å²) in [5.74, 6) is -2.12. The van der Waals surface area contributed by atoms with Crippen LogP contribution in [0.15, 0.2) is 0 Å². The zero-order valence-electron chi connectivity index (χ0n) is 56.7. The van der Waals surface area contributed by atoms with Crippen molar-refractivity contribution in [3.63, 3.8) is 0 Å². The minimum absolute atomic E-state index is 0.108. The van der Waals surface area contributed by atoms with Crippen LogP contribution in [0.4, 0.5) is 0 Å². The Kier molecular flexibility index (Phi) is 62.4. The summed E-state index contributed by atoms with van der Waals surface area (Å²) in [5, 5.41) is 10.6. The molecule has 17 nitrogen and oxygen atoms in total. The van der Waals surface area contributed by atoms with Crippen LogP contribution in [-0.4, -0.2) is 96.7 Å². The van der Waals surface area contributed by atoms with Gasteiger partial charge in [-0.1, -0.05) is 310 Å². The van der Waals surface area contributed by atoms with Gasteiger partial charge in [0.05, 0.1) is 26.4 Å². The first-order valence-electron chi connectivity index (χ1n) is 36.3. The summed E-state index contributed by atoms with van der Waals surface area (Å²) < 4.78 is 68.2. The summed E-state index contributed by atoms with van der Waals surface area (Å²) in [5.41, 5.74) is 0. The molecule has 522 valence electrons. The normalized spacial score (nSPS) is 14.0. The Bertz CT molecular complexity index is 1690. The van der Waals surface area contributed by atoms with Gasteiger partial charge in [0.15, 0.2) is 12.2 Å². The smallest absolute Gasteiger partial charge is 0.462 e. The third-order valence-corrected chi connectivity index (χ3v) is 18.0. The molecule has 0 saturated carbocycles. The van der Waals surface area contributed by atoms with Crippen molar-refractivity contribution in [1.82, 2.24) is 0 Å². The number of esters is 4. The number of carbonyl (C=O) groups excluding carboxylic acids is 4. The van der Waals surface area contributed by atoms with E-state index < -0.39 is 97.5 Å². The number of ether oxygens (including phenoxy) is 4. The van der Waals surface area contributed by atoms with E-state index in [0.29, 0.717) is 25.7 Å². The van der Waals surface area contributed by atoms with E-state index in [1.165, 1.54) is 180 Å². The summed E-state index contributed by atoms with van der Waals surface area (Å²) >= 11 is 0. The molecule has 0 aromatic heterocycles. The van der Waals surface area contributed by atoms with E-state index in [1.807, 2.05) is 0 Å². The van der Waals surface area contributed by atoms with Crippen molar-refractivity contribution in [3.8, 4) is 0 Å². The second kappa shape index (κ2) is 63.8. The Morgan fingerprint density at radius 2 is 0.455 bits per heavy atom. The van der Waals surface area contributed by atoms with E-state index in [-0.39, 0.29) is 25.7 Å². The molecule has 0 saturated heterocycles. The van der Waals surface area contributed by atoms with Gasteiger partial charge in [-0.3, -0.25) is 37.3 Å². The second-order valence-electron chi connectivity index (χ2n) is 24.9. The third-order valence-electron chi connectivity index (χ3n) is 16.1. The number of phosphoric acid groups is 2. The lowest BCUT2D eigenvalue weighted by molar-refractivity contribution is -0.161. The molecular weight excluding hydrogens is 1160 g/mol. The first-order chi connectivity index (χ1) is 42.7. The van der Waals surface area contributed by atoms with Crippen molar-refractivity contribution < 1.29 is 80.2 Å². The Balaban J connectivity index is 5.20. The second-order valence-corrected chi connectivity index (χ2v) is 27.8. The van der Waals surface area contributed by atoms with E-state index in [1.54, 1.807) is 0 Å². The molecule has 0 rings (SSSR count). The first-order valence-corrected chi connectivity index (χ1v) is 39.3. The molecule has 19 heteroatoms. The number of rotatable bonds is 70. The Hall–Kier alpha value is -1.94. The highest BCUT2D eigenvalue weighted by Crippen LogP contribution is 2.45. The number of hydrogen-bond acceptors (Lipinski definition) is 15. The maximum absolute atomic E-state index is 13.0. The van der Waals surface area contributed by atoms with Gasteiger partial charge in [-0.25, -0.2) is 9.13 Å². The molecule has 0 radical (unpaired) electrons. The van der Waals surface area contributed by atoms with Crippen molar-refractivity contribution in [3.05, 3.63) is 0 Å². The number of aliphatic hydroxyl groups excluding tert-OH is 1. The van der Waals surface area contributed by atoms with Crippen LogP contribution >= 0.6 is 15.6 Å². The minimum atomic E-state index is -4.95. The SMILES string of the molecule is CCCCCCCCCCCCCCCCCC(=O)O[C@H](COC(=O)CCCCCCCCCCCCCCC)COP(=O)(O)OC[C@@H](O)COP(=O)(O)OC[C@@H](COC(=O)CCCCCCCCC)OC(=O)CCCCCCCCCCCCCCC. The molecular formula is C69H134O17P2. The van der Waals surface area contributed by atoms with Crippen molar-refractivity contribution in [2.75, 3.05) is 39.6 Å². The minimum Gasteiger partial charge on any atom is -0.462 e. The van der Waals surface area contributed by atoms with Crippen LogP contribution in [-0.2, 0) is 65.4 Å². The Morgan fingerprint density at radius 3 is 0.670 bits per heavy atom. The average molecular weight is 1300 g/mol. The molecule has 88 heavy (non-hydrogen) atoms. The van der Waals surface area contributed by atoms with E-state index in [4.69, 9.17) is 37.0 Å². The van der Waals surface area contributed by atoms with Gasteiger partial charge < -0.3 is 33.8 Å². The largest absolute Gasteiger partial charge is 0.472 e. The van der Waals surface area contributed by atoms with Crippen molar-refractivity contribution in [2.24, 2.45) is 0 Å². The molecule has 0 heterocycles. The number of hydrogen-bond donors (Lipinski definition) is 3. The van der Waals surface area contributed by atoms with Gasteiger partial charge in [0.2, 0.25) is 0 Å². The van der Waals surface area contributed by atoms with Crippen molar-refractivity contribution >= 4 is 39.5 Å². The summed E-state index contributed by atoms with van der Waals surface area (Å²) in [7, 11) is -9.89. The molecule has 0 aromatic rings. The Labute approximate surface area is 537 Å². The van der Waals surface area contributed by atoms with E-state index >= 15 is 0 Å². The van der Waals surface area contributed by atoms with Crippen molar-refractivity contribution in [2.45, 2.75) is 380 Å². The van der Waals surface area contributed by atoms with Gasteiger partial charge in [0.1, 0.15) is 19.3 Å². The van der Waals surface area contributed by atoms with Crippen LogP contribution in [0.25, 0.3) is 0 Å². The van der Waals surface area contributed by atoms with Gasteiger partial charge in [-0.15, -0.1) is 0 Å². The molecule has 0 spiro atoms. The van der Waals surface area contributed by atoms with E-state index in [0.717, 1.165) is 103 Å². The Morgan fingerprint density at radius 1 is 0.273 bits per heavy atom. The maximum atomic E-state index is 13.0. The van der Waals surface area contributed by atoms with Gasteiger partial charge in [-0.05, 0) is 25.7 Å². The predicted octanol–water partition coefficient (Wildman–Crippen LogP) is 19.9. The van der Waals surface area contributed by atoms with Crippen LogP contribution < -0.4 is 0 Å². The van der Waals surface area contributed by atoms with Crippen LogP contribution in [0.5, 0.6) is 0 Å². The van der Waals surface area contributed by atoms with Gasteiger partial charge in [0.25, 0.3) is 0 Å². The zero-order chi connectivity index (χ0) is 64.7. The molecule has 0 amide bonds. The summed E-state index contributed by atoms with van der Waals surface area (Å²) in [6.45, 7) is 4.91. The number of aliphatic hydroxyl groups is 1. The predicted molar refractivity (Wildman–Crippen MR) is 354 cm³/mol. The number of phosphoric ester groups is 2. The topological polar surface area (TPSA) is 237 Å². The van der Waals surface area contributed by atoms with Crippen LogP contribution in [0.3, 0.4) is 0 Å². The lowest BCUT2D eigenvalue weighted by Gasteiger charge is -2.21. The fraction of sp³-hybridized carbons (Fsp3) is 0.942. The molecule has 5 atom stereocenters. The fourth-order valence-electron chi connectivity index (χ4n) is 10.5. The quantitative estimate of drug-likeness (QED) is 0.0222. The van der Waals surface area contributed by atoms with E-state index in [2.05, 4.69) is 27.7 Å².